The minimum atomic E-state index is -3.77. The molecule has 0 spiro atoms. The Kier molecular flexibility index (Phi) is 6.45. The zero-order valence-corrected chi connectivity index (χ0v) is 14.4. The van der Waals surface area contributed by atoms with Crippen LogP contribution in [0.25, 0.3) is 0 Å². The minimum absolute atomic E-state index is 0.0503. The first kappa shape index (κ1) is 19.3. The molecule has 0 aromatic carbocycles. The van der Waals surface area contributed by atoms with Crippen LogP contribution in [0.1, 0.15) is 19.3 Å². The quantitative estimate of drug-likeness (QED) is 0.545. The molecule has 0 radical (unpaired) electrons. The number of likely N-dealkylation sites (tertiary alicyclic amines) is 1. The van der Waals surface area contributed by atoms with Gasteiger partial charge in [0.15, 0.2) is 0 Å². The van der Waals surface area contributed by atoms with Crippen LogP contribution in [-0.2, 0) is 26.2 Å². The van der Waals surface area contributed by atoms with E-state index in [1.54, 1.807) is 12.1 Å². The lowest BCUT2D eigenvalue weighted by Crippen LogP contribution is -2.45. The van der Waals surface area contributed by atoms with Crippen molar-refractivity contribution < 1.29 is 23.1 Å². The van der Waals surface area contributed by atoms with E-state index >= 15 is 0 Å². The molecule has 0 aliphatic carbocycles. The van der Waals surface area contributed by atoms with Gasteiger partial charge in [0, 0.05) is 38.2 Å². The van der Waals surface area contributed by atoms with Crippen LogP contribution in [0, 0.1) is 0 Å². The molecule has 138 valence electrons. The van der Waals surface area contributed by atoms with Crippen molar-refractivity contribution in [3.63, 3.8) is 0 Å². The van der Waals surface area contributed by atoms with Gasteiger partial charge in [-0.25, -0.2) is 13.1 Å². The first-order valence-electron chi connectivity index (χ1n) is 7.92. The van der Waals surface area contributed by atoms with Crippen molar-refractivity contribution in [1.29, 1.82) is 0 Å². The fourth-order valence-corrected chi connectivity index (χ4v) is 3.47. The molecule has 1 aliphatic rings. The van der Waals surface area contributed by atoms with E-state index in [2.05, 4.69) is 4.72 Å². The van der Waals surface area contributed by atoms with E-state index < -0.39 is 21.9 Å². The number of carbonyl (C=O) groups is 2. The summed E-state index contributed by atoms with van der Waals surface area (Å²) < 4.78 is 27.4. The van der Waals surface area contributed by atoms with E-state index in [0.29, 0.717) is 6.42 Å². The molecule has 10 heteroatoms. The Morgan fingerprint density at radius 3 is 2.48 bits per heavy atom. The highest BCUT2D eigenvalue weighted by atomic mass is 32.2. The van der Waals surface area contributed by atoms with Crippen LogP contribution >= 0.6 is 0 Å². The molecule has 0 bridgehead atoms. The fourth-order valence-electron chi connectivity index (χ4n) is 2.46. The van der Waals surface area contributed by atoms with E-state index in [1.165, 1.54) is 16.8 Å². The number of nitrogens with one attached hydrogen (secondary N) is 1. The van der Waals surface area contributed by atoms with Gasteiger partial charge in [-0.05, 0) is 12.5 Å². The molecule has 2 N–H and O–H groups in total. The topological polar surface area (TPSA) is 126 Å². The molecule has 1 fully saturated rings. The maximum absolute atomic E-state index is 12.0. The zero-order chi connectivity index (χ0) is 18.4. The Labute approximate surface area is 145 Å². The number of imide groups is 1. The third-order valence-corrected chi connectivity index (χ3v) is 5.14. The maximum atomic E-state index is 12.0. The smallest absolute Gasteiger partial charge is 0.250 e. The molecule has 9 nitrogen and oxygen atoms in total. The molecule has 1 saturated heterocycles. The van der Waals surface area contributed by atoms with Gasteiger partial charge in [-0.2, -0.15) is 0 Å². The Balaban J connectivity index is 1.82. The third-order valence-electron chi connectivity index (χ3n) is 3.81. The van der Waals surface area contributed by atoms with Gasteiger partial charge in [-0.1, -0.05) is 6.07 Å². The lowest BCUT2D eigenvalue weighted by Gasteiger charge is -2.24. The highest BCUT2D eigenvalue weighted by Gasteiger charge is 2.27. The molecule has 2 rings (SSSR count). The SMILES string of the molecule is O=C1CCCC(=O)N1CCS(=O)(=O)NCC(O)Cn1ccccc1=O. The number of aliphatic hydroxyl groups excluding tert-OH is 1. The molecular weight excluding hydrogens is 350 g/mol. The number of hydrogen-bond donors (Lipinski definition) is 2. The predicted octanol–water partition coefficient (Wildman–Crippen LogP) is -1.33. The number of pyridine rings is 1. The number of nitrogens with zero attached hydrogens (tertiary/aromatic N) is 2. The van der Waals surface area contributed by atoms with Gasteiger partial charge in [-0.3, -0.25) is 19.3 Å². The van der Waals surface area contributed by atoms with Gasteiger partial charge in [0.05, 0.1) is 18.4 Å². The Morgan fingerprint density at radius 2 is 1.84 bits per heavy atom. The van der Waals surface area contributed by atoms with E-state index in [0.717, 1.165) is 4.90 Å². The second-order valence-electron chi connectivity index (χ2n) is 5.81. The molecule has 25 heavy (non-hydrogen) atoms. The lowest BCUT2D eigenvalue weighted by molar-refractivity contribution is -0.147. The van der Waals surface area contributed by atoms with Crippen molar-refractivity contribution in [2.75, 3.05) is 18.8 Å². The minimum Gasteiger partial charge on any atom is -0.390 e. The Bertz CT molecular complexity index is 772. The first-order valence-corrected chi connectivity index (χ1v) is 9.58. The van der Waals surface area contributed by atoms with Crippen molar-refractivity contribution in [2.24, 2.45) is 0 Å². The zero-order valence-electron chi connectivity index (χ0n) is 13.6. The average Bonchev–Trinajstić information content (AvgIpc) is 2.55. The second kappa shape index (κ2) is 8.37. The summed E-state index contributed by atoms with van der Waals surface area (Å²) in [6.45, 7) is -0.530. The van der Waals surface area contributed by atoms with E-state index in [-0.39, 0.29) is 49.8 Å². The molecule has 1 atom stereocenters. The summed E-state index contributed by atoms with van der Waals surface area (Å²) in [6.07, 6.45) is 1.37. The summed E-state index contributed by atoms with van der Waals surface area (Å²) in [6, 6.07) is 4.53. The van der Waals surface area contributed by atoms with Gasteiger partial charge < -0.3 is 9.67 Å². The number of piperidine rings is 1. The predicted molar refractivity (Wildman–Crippen MR) is 89.1 cm³/mol. The highest BCUT2D eigenvalue weighted by Crippen LogP contribution is 2.11. The number of aromatic nitrogens is 1. The van der Waals surface area contributed by atoms with Crippen LogP contribution in [0.3, 0.4) is 0 Å². The van der Waals surface area contributed by atoms with E-state index in [4.69, 9.17) is 0 Å². The molecule has 2 amide bonds. The van der Waals surface area contributed by atoms with E-state index in [9.17, 15) is 27.9 Å². The fraction of sp³-hybridized carbons (Fsp3) is 0.533. The summed E-state index contributed by atoms with van der Waals surface area (Å²) >= 11 is 0. The van der Waals surface area contributed by atoms with Crippen molar-refractivity contribution in [1.82, 2.24) is 14.2 Å². The lowest BCUT2D eigenvalue weighted by atomic mass is 10.1. The Morgan fingerprint density at radius 1 is 1.16 bits per heavy atom. The molecule has 1 unspecified atom stereocenters. The maximum Gasteiger partial charge on any atom is 0.250 e. The van der Waals surface area contributed by atoms with Crippen molar-refractivity contribution in [3.05, 3.63) is 34.7 Å². The summed E-state index contributed by atoms with van der Waals surface area (Å²) in [4.78, 5) is 35.8. The molecule has 0 saturated carbocycles. The van der Waals surface area contributed by atoms with Crippen molar-refractivity contribution >= 4 is 21.8 Å². The number of carbonyl (C=O) groups excluding carboxylic acids is 2. The number of sulfonamides is 1. The van der Waals surface area contributed by atoms with Crippen LogP contribution < -0.4 is 10.3 Å². The molecule has 1 aromatic heterocycles. The monoisotopic (exact) mass is 371 g/mol. The van der Waals surface area contributed by atoms with Gasteiger partial charge >= 0.3 is 0 Å². The summed E-state index contributed by atoms with van der Waals surface area (Å²) in [5.74, 6) is -1.16. The average molecular weight is 371 g/mol. The van der Waals surface area contributed by atoms with Crippen LogP contribution in [-0.4, -0.2) is 59.8 Å². The van der Waals surface area contributed by atoms with Crippen LogP contribution in [0.4, 0.5) is 0 Å². The summed E-state index contributed by atoms with van der Waals surface area (Å²) in [7, 11) is -3.77. The third kappa shape index (κ3) is 5.76. The first-order chi connectivity index (χ1) is 11.8. The molecule has 1 aliphatic heterocycles. The molecule has 2 heterocycles. The van der Waals surface area contributed by atoms with Crippen molar-refractivity contribution in [2.45, 2.75) is 31.9 Å². The van der Waals surface area contributed by atoms with Crippen LogP contribution in [0.5, 0.6) is 0 Å². The van der Waals surface area contributed by atoms with Gasteiger partial charge in [-0.15, -0.1) is 0 Å². The number of amides is 2. The molecular formula is C15H21N3O6S. The second-order valence-corrected chi connectivity index (χ2v) is 7.73. The van der Waals surface area contributed by atoms with E-state index in [1.807, 2.05) is 0 Å². The van der Waals surface area contributed by atoms with Crippen molar-refractivity contribution in [3.8, 4) is 0 Å². The number of rotatable bonds is 8. The summed E-state index contributed by atoms with van der Waals surface area (Å²) in [5.41, 5.74) is -0.300. The normalized spacial score (nSPS) is 16.9. The Hall–Kier alpha value is -2.04. The van der Waals surface area contributed by atoms with Gasteiger partial charge in [0.1, 0.15) is 0 Å². The van der Waals surface area contributed by atoms with Crippen LogP contribution in [0.15, 0.2) is 29.2 Å². The van der Waals surface area contributed by atoms with Gasteiger partial charge in [0.25, 0.3) is 5.56 Å². The summed E-state index contributed by atoms with van der Waals surface area (Å²) in [5, 5.41) is 9.89. The standard InChI is InChI=1S/C15H21N3O6S/c19-12(11-17-7-2-1-4-13(17)20)10-16-25(23,24)9-8-18-14(21)5-3-6-15(18)22/h1-2,4,7,12,16,19H,3,5-6,8-11H2. The van der Waals surface area contributed by atoms with Crippen LogP contribution in [0.2, 0.25) is 0 Å². The number of hydrogen-bond acceptors (Lipinski definition) is 6. The highest BCUT2D eigenvalue weighted by molar-refractivity contribution is 7.89. The number of aliphatic hydroxyl groups is 1. The largest absolute Gasteiger partial charge is 0.390 e. The van der Waals surface area contributed by atoms with Gasteiger partial charge in [0.2, 0.25) is 21.8 Å². The molecule has 1 aromatic rings.